The van der Waals surface area contributed by atoms with Gasteiger partial charge in [0.15, 0.2) is 0 Å². The summed E-state index contributed by atoms with van der Waals surface area (Å²) < 4.78 is 23.0. The van der Waals surface area contributed by atoms with Crippen molar-refractivity contribution in [3.8, 4) is 0 Å². The number of rotatable bonds is 3. The number of para-hydroxylation sites is 1. The largest absolute Gasteiger partial charge is 0.380 e. The van der Waals surface area contributed by atoms with Gasteiger partial charge in [-0.05, 0) is 31.5 Å². The minimum absolute atomic E-state index is 0.161. The second kappa shape index (κ2) is 5.69. The average Bonchev–Trinajstić information content (AvgIpc) is 2.57. The van der Waals surface area contributed by atoms with Crippen molar-refractivity contribution in [1.82, 2.24) is 5.32 Å². The van der Waals surface area contributed by atoms with Crippen LogP contribution >= 0.6 is 0 Å². The van der Waals surface area contributed by atoms with E-state index in [2.05, 4.69) is 10.6 Å². The number of hydrogen-bond acceptors (Lipinski definition) is 4. The Bertz CT molecular complexity index is 494. The van der Waals surface area contributed by atoms with Crippen LogP contribution in [0.3, 0.4) is 0 Å². The third-order valence-electron chi connectivity index (χ3n) is 3.10. The molecule has 1 fully saturated rings. The maximum Gasteiger partial charge on any atom is 0.240 e. The highest BCUT2D eigenvalue weighted by Crippen LogP contribution is 2.21. The van der Waals surface area contributed by atoms with Gasteiger partial charge in [-0.1, -0.05) is 18.6 Å². The van der Waals surface area contributed by atoms with E-state index in [-0.39, 0.29) is 10.9 Å². The van der Waals surface area contributed by atoms with Gasteiger partial charge < -0.3 is 10.6 Å². The van der Waals surface area contributed by atoms with Gasteiger partial charge in [0.2, 0.25) is 10.0 Å². The summed E-state index contributed by atoms with van der Waals surface area (Å²) in [4.78, 5) is 0.161. The standard InChI is InChI=1S/C12H19N3O2S/c13-18(16,17)12-7-2-1-6-11(12)15-10-5-3-4-8-14-9-10/h1-2,6-7,10,14-15H,3-5,8-9H2,(H2,13,16,17). The van der Waals surface area contributed by atoms with Gasteiger partial charge in [-0.15, -0.1) is 0 Å². The number of nitrogens with two attached hydrogens (primary N) is 1. The second-order valence-corrected chi connectivity index (χ2v) is 6.11. The lowest BCUT2D eigenvalue weighted by atomic mass is 10.1. The fourth-order valence-electron chi connectivity index (χ4n) is 2.20. The van der Waals surface area contributed by atoms with E-state index in [1.54, 1.807) is 18.2 Å². The zero-order valence-electron chi connectivity index (χ0n) is 10.2. The molecule has 6 heteroatoms. The van der Waals surface area contributed by atoms with Crippen molar-refractivity contribution in [2.24, 2.45) is 5.14 Å². The normalized spacial score (nSPS) is 21.3. The molecule has 0 spiro atoms. The average molecular weight is 269 g/mol. The van der Waals surface area contributed by atoms with Crippen LogP contribution in [0.15, 0.2) is 29.2 Å². The molecule has 1 saturated heterocycles. The van der Waals surface area contributed by atoms with Crippen molar-refractivity contribution < 1.29 is 8.42 Å². The fourth-order valence-corrected chi connectivity index (χ4v) is 2.90. The zero-order chi connectivity index (χ0) is 13.0. The molecule has 0 aromatic heterocycles. The summed E-state index contributed by atoms with van der Waals surface area (Å²) in [6.07, 6.45) is 3.34. The Morgan fingerprint density at radius 2 is 2.06 bits per heavy atom. The molecule has 0 bridgehead atoms. The Labute approximate surface area is 108 Å². The summed E-state index contributed by atoms with van der Waals surface area (Å²) in [5.41, 5.74) is 0.591. The van der Waals surface area contributed by atoms with Crippen LogP contribution in [0.1, 0.15) is 19.3 Å². The van der Waals surface area contributed by atoms with Crippen molar-refractivity contribution in [3.63, 3.8) is 0 Å². The van der Waals surface area contributed by atoms with E-state index in [1.807, 2.05) is 0 Å². The highest BCUT2D eigenvalue weighted by molar-refractivity contribution is 7.89. The maximum atomic E-state index is 11.5. The smallest absolute Gasteiger partial charge is 0.240 e. The lowest BCUT2D eigenvalue weighted by Gasteiger charge is -2.19. The SMILES string of the molecule is NS(=O)(=O)c1ccccc1NC1CCCCNC1. The first kappa shape index (κ1) is 13.3. The number of sulfonamides is 1. The van der Waals surface area contributed by atoms with Crippen molar-refractivity contribution in [2.45, 2.75) is 30.2 Å². The van der Waals surface area contributed by atoms with Crippen LogP contribution in [0, 0.1) is 0 Å². The minimum atomic E-state index is -3.68. The highest BCUT2D eigenvalue weighted by atomic mass is 32.2. The number of anilines is 1. The van der Waals surface area contributed by atoms with Crippen molar-refractivity contribution in [3.05, 3.63) is 24.3 Å². The molecule has 0 amide bonds. The number of nitrogens with one attached hydrogen (secondary N) is 2. The lowest BCUT2D eigenvalue weighted by Crippen LogP contribution is -2.31. The van der Waals surface area contributed by atoms with Gasteiger partial charge in [-0.2, -0.15) is 0 Å². The first-order chi connectivity index (χ1) is 8.57. The van der Waals surface area contributed by atoms with E-state index in [1.165, 1.54) is 6.07 Å². The predicted octanol–water partition coefficient (Wildman–Crippen LogP) is 0.888. The highest BCUT2D eigenvalue weighted by Gasteiger charge is 2.17. The van der Waals surface area contributed by atoms with Crippen molar-refractivity contribution in [1.29, 1.82) is 0 Å². The van der Waals surface area contributed by atoms with Crippen molar-refractivity contribution in [2.75, 3.05) is 18.4 Å². The van der Waals surface area contributed by atoms with Crippen LogP contribution < -0.4 is 15.8 Å². The molecule has 1 atom stereocenters. The summed E-state index contributed by atoms with van der Waals surface area (Å²) in [5.74, 6) is 0. The number of benzene rings is 1. The molecule has 0 saturated carbocycles. The van der Waals surface area contributed by atoms with Crippen LogP contribution in [0.5, 0.6) is 0 Å². The topological polar surface area (TPSA) is 84.2 Å². The first-order valence-electron chi connectivity index (χ1n) is 6.16. The summed E-state index contributed by atoms with van der Waals surface area (Å²) in [6.45, 7) is 1.87. The molecule has 0 radical (unpaired) electrons. The molecule has 5 nitrogen and oxygen atoms in total. The quantitative estimate of drug-likeness (QED) is 0.761. The molecule has 1 unspecified atom stereocenters. The number of primary sulfonamides is 1. The van der Waals surface area contributed by atoms with Gasteiger partial charge in [0.05, 0.1) is 5.69 Å². The Hall–Kier alpha value is -1.11. The van der Waals surface area contributed by atoms with Gasteiger partial charge in [-0.25, -0.2) is 13.6 Å². The zero-order valence-corrected chi connectivity index (χ0v) is 11.0. The van der Waals surface area contributed by atoms with Gasteiger partial charge in [0.1, 0.15) is 4.90 Å². The van der Waals surface area contributed by atoms with Crippen LogP contribution in [0.2, 0.25) is 0 Å². The van der Waals surface area contributed by atoms with Gasteiger partial charge in [0, 0.05) is 12.6 Å². The third kappa shape index (κ3) is 3.44. The molecule has 4 N–H and O–H groups in total. The molecular weight excluding hydrogens is 250 g/mol. The minimum Gasteiger partial charge on any atom is -0.380 e. The Kier molecular flexibility index (Phi) is 4.21. The molecule has 1 aliphatic rings. The predicted molar refractivity (Wildman–Crippen MR) is 71.9 cm³/mol. The third-order valence-corrected chi connectivity index (χ3v) is 4.07. The molecule has 0 aliphatic carbocycles. The Morgan fingerprint density at radius 3 is 2.83 bits per heavy atom. The van der Waals surface area contributed by atoms with E-state index in [0.29, 0.717) is 5.69 Å². The molecule has 1 aromatic rings. The second-order valence-electron chi connectivity index (χ2n) is 4.58. The van der Waals surface area contributed by atoms with E-state index in [4.69, 9.17) is 5.14 Å². The first-order valence-corrected chi connectivity index (χ1v) is 7.71. The van der Waals surface area contributed by atoms with Crippen LogP contribution in [0.25, 0.3) is 0 Å². The fraction of sp³-hybridized carbons (Fsp3) is 0.500. The summed E-state index contributed by atoms with van der Waals surface area (Å²) in [6, 6.07) is 7.01. The van der Waals surface area contributed by atoms with Crippen LogP contribution in [-0.2, 0) is 10.0 Å². The Morgan fingerprint density at radius 1 is 1.28 bits per heavy atom. The molecule has 2 rings (SSSR count). The number of hydrogen-bond donors (Lipinski definition) is 3. The summed E-state index contributed by atoms with van der Waals surface area (Å²) in [5, 5.41) is 11.8. The monoisotopic (exact) mass is 269 g/mol. The summed E-state index contributed by atoms with van der Waals surface area (Å²) in [7, 11) is -3.68. The molecular formula is C12H19N3O2S. The molecule has 1 aromatic carbocycles. The van der Waals surface area contributed by atoms with E-state index < -0.39 is 10.0 Å². The van der Waals surface area contributed by atoms with Gasteiger partial charge in [-0.3, -0.25) is 0 Å². The van der Waals surface area contributed by atoms with Gasteiger partial charge >= 0.3 is 0 Å². The van der Waals surface area contributed by atoms with Crippen LogP contribution in [0.4, 0.5) is 5.69 Å². The van der Waals surface area contributed by atoms with E-state index >= 15 is 0 Å². The Balaban J connectivity index is 2.18. The molecule has 100 valence electrons. The van der Waals surface area contributed by atoms with Crippen molar-refractivity contribution >= 4 is 15.7 Å². The summed E-state index contributed by atoms with van der Waals surface area (Å²) >= 11 is 0. The van der Waals surface area contributed by atoms with Crippen LogP contribution in [-0.4, -0.2) is 27.5 Å². The molecule has 1 aliphatic heterocycles. The lowest BCUT2D eigenvalue weighted by molar-refractivity contribution is 0.597. The maximum absolute atomic E-state index is 11.5. The van der Waals surface area contributed by atoms with E-state index in [0.717, 1.165) is 32.4 Å². The van der Waals surface area contributed by atoms with E-state index in [9.17, 15) is 8.42 Å². The van der Waals surface area contributed by atoms with Gasteiger partial charge in [0.25, 0.3) is 0 Å². The molecule has 1 heterocycles. The molecule has 18 heavy (non-hydrogen) atoms.